The van der Waals surface area contributed by atoms with Crippen molar-refractivity contribution in [2.24, 2.45) is 82.9 Å². The lowest BCUT2D eigenvalue weighted by molar-refractivity contribution is -0.184. The van der Waals surface area contributed by atoms with Crippen LogP contribution in [-0.2, 0) is 14.3 Å². The van der Waals surface area contributed by atoms with Crippen molar-refractivity contribution in [2.75, 3.05) is 0 Å². The summed E-state index contributed by atoms with van der Waals surface area (Å²) in [4.78, 5) is 26.0. The molecule has 30 heavy (non-hydrogen) atoms. The highest BCUT2D eigenvalue weighted by Gasteiger charge is 2.71. The number of carboxylic acid groups (broad SMARTS) is 1. The Morgan fingerprint density at radius 1 is 0.700 bits per heavy atom. The quantitative estimate of drug-likeness (QED) is 0.548. The standard InChI is InChI=1S/C26H36O4/c1-10-11(2)17-8-16(10)20-18-9-19(21(17)20)23(22(18)25(27)28)26(29)30-24-14-4-12-3-13(6-14)7-15(24)5-12/h10-24H,3-9H2,1-2H3,(H,27,28). The van der Waals surface area contributed by atoms with Crippen molar-refractivity contribution in [3.05, 3.63) is 0 Å². The molecule has 0 aromatic rings. The topological polar surface area (TPSA) is 63.6 Å². The van der Waals surface area contributed by atoms with Crippen LogP contribution < -0.4 is 0 Å². The highest BCUT2D eigenvalue weighted by Crippen LogP contribution is 2.72. The van der Waals surface area contributed by atoms with E-state index in [1.807, 2.05) is 0 Å². The second-order valence-electron chi connectivity index (χ2n) is 12.7. The Kier molecular flexibility index (Phi) is 3.73. The van der Waals surface area contributed by atoms with Crippen molar-refractivity contribution in [3.63, 3.8) is 0 Å². The molecule has 164 valence electrons. The largest absolute Gasteiger partial charge is 0.481 e. The fourth-order valence-electron chi connectivity index (χ4n) is 11.2. The van der Waals surface area contributed by atoms with E-state index >= 15 is 0 Å². The first kappa shape index (κ1) is 18.5. The average Bonchev–Trinajstić information content (AvgIpc) is 3.42. The van der Waals surface area contributed by atoms with Gasteiger partial charge in [0.15, 0.2) is 0 Å². The number of carboxylic acids is 1. The molecule has 0 spiro atoms. The molecule has 8 aliphatic carbocycles. The number of carbonyl (C=O) groups is 2. The molecule has 0 radical (unpaired) electrons. The fraction of sp³-hybridized carbons (Fsp3) is 0.923. The van der Waals surface area contributed by atoms with E-state index in [1.54, 1.807) is 0 Å². The van der Waals surface area contributed by atoms with Gasteiger partial charge in [0.1, 0.15) is 6.10 Å². The minimum Gasteiger partial charge on any atom is -0.481 e. The second-order valence-corrected chi connectivity index (χ2v) is 12.7. The molecule has 8 rings (SSSR count). The third-order valence-corrected chi connectivity index (χ3v) is 11.9. The first-order chi connectivity index (χ1) is 14.4. The van der Waals surface area contributed by atoms with Gasteiger partial charge in [0.05, 0.1) is 11.8 Å². The van der Waals surface area contributed by atoms with Crippen LogP contribution in [0.25, 0.3) is 0 Å². The zero-order valence-corrected chi connectivity index (χ0v) is 18.3. The minimum absolute atomic E-state index is 0.0774. The zero-order chi connectivity index (χ0) is 20.5. The molecule has 8 bridgehead atoms. The monoisotopic (exact) mass is 412 g/mol. The smallest absolute Gasteiger partial charge is 0.310 e. The lowest BCUT2D eigenvalue weighted by Gasteiger charge is -2.54. The number of rotatable bonds is 3. The van der Waals surface area contributed by atoms with Gasteiger partial charge in [0.25, 0.3) is 0 Å². The molecule has 4 heteroatoms. The van der Waals surface area contributed by atoms with Crippen LogP contribution in [0.5, 0.6) is 0 Å². The van der Waals surface area contributed by atoms with E-state index in [1.165, 1.54) is 38.5 Å². The van der Waals surface area contributed by atoms with Gasteiger partial charge in [-0.25, -0.2) is 0 Å². The normalized spacial score (nSPS) is 61.5. The average molecular weight is 413 g/mol. The summed E-state index contributed by atoms with van der Waals surface area (Å²) in [7, 11) is 0. The van der Waals surface area contributed by atoms with Crippen LogP contribution in [-0.4, -0.2) is 23.1 Å². The van der Waals surface area contributed by atoms with Crippen LogP contribution in [0.2, 0.25) is 0 Å². The molecule has 0 saturated heterocycles. The van der Waals surface area contributed by atoms with Crippen molar-refractivity contribution < 1.29 is 19.4 Å². The molecule has 8 fully saturated rings. The van der Waals surface area contributed by atoms with Gasteiger partial charge in [-0.05, 0) is 116 Å². The third kappa shape index (κ3) is 2.19. The highest BCUT2D eigenvalue weighted by molar-refractivity contribution is 5.83. The van der Waals surface area contributed by atoms with Crippen molar-refractivity contribution >= 4 is 11.9 Å². The Balaban J connectivity index is 1.16. The van der Waals surface area contributed by atoms with Crippen LogP contribution >= 0.6 is 0 Å². The predicted octanol–water partition coefficient (Wildman–Crippen LogP) is 4.48. The van der Waals surface area contributed by atoms with Gasteiger partial charge in [0, 0.05) is 0 Å². The van der Waals surface area contributed by atoms with Gasteiger partial charge in [-0.3, -0.25) is 9.59 Å². The van der Waals surface area contributed by atoms with Gasteiger partial charge in [-0.2, -0.15) is 0 Å². The van der Waals surface area contributed by atoms with Crippen molar-refractivity contribution in [2.45, 2.75) is 64.9 Å². The summed E-state index contributed by atoms with van der Waals surface area (Å²) < 4.78 is 6.32. The Morgan fingerprint density at radius 2 is 1.20 bits per heavy atom. The summed E-state index contributed by atoms with van der Waals surface area (Å²) >= 11 is 0. The van der Waals surface area contributed by atoms with Crippen molar-refractivity contribution in [3.8, 4) is 0 Å². The molecule has 10 unspecified atom stereocenters. The maximum Gasteiger partial charge on any atom is 0.310 e. The Morgan fingerprint density at radius 3 is 1.73 bits per heavy atom. The van der Waals surface area contributed by atoms with E-state index in [0.717, 1.165) is 24.2 Å². The number of hydrogen-bond donors (Lipinski definition) is 1. The van der Waals surface area contributed by atoms with E-state index in [9.17, 15) is 14.7 Å². The van der Waals surface area contributed by atoms with Gasteiger partial charge < -0.3 is 9.84 Å². The summed E-state index contributed by atoms with van der Waals surface area (Å²) in [5.74, 6) is 5.48. The Labute approximate surface area is 179 Å². The van der Waals surface area contributed by atoms with Crippen LogP contribution in [0.4, 0.5) is 0 Å². The number of aliphatic carboxylic acids is 1. The molecular formula is C26H36O4. The van der Waals surface area contributed by atoms with E-state index in [-0.39, 0.29) is 29.8 Å². The number of hydrogen-bond acceptors (Lipinski definition) is 3. The highest BCUT2D eigenvalue weighted by atomic mass is 16.5. The van der Waals surface area contributed by atoms with Gasteiger partial charge in [-0.15, -0.1) is 0 Å². The van der Waals surface area contributed by atoms with Crippen LogP contribution in [0.15, 0.2) is 0 Å². The van der Waals surface area contributed by atoms with Crippen LogP contribution in [0.1, 0.15) is 58.8 Å². The molecule has 1 N–H and O–H groups in total. The Hall–Kier alpha value is -1.06. The molecule has 0 aromatic carbocycles. The lowest BCUT2D eigenvalue weighted by Crippen LogP contribution is -2.52. The number of esters is 1. The van der Waals surface area contributed by atoms with Gasteiger partial charge >= 0.3 is 11.9 Å². The molecule has 0 aliphatic heterocycles. The maximum atomic E-state index is 13.6. The van der Waals surface area contributed by atoms with Gasteiger partial charge in [-0.1, -0.05) is 13.8 Å². The van der Waals surface area contributed by atoms with Crippen molar-refractivity contribution in [1.82, 2.24) is 0 Å². The van der Waals surface area contributed by atoms with E-state index in [2.05, 4.69) is 13.8 Å². The molecule has 0 aromatic heterocycles. The molecule has 10 atom stereocenters. The summed E-state index contributed by atoms with van der Waals surface area (Å²) in [5, 5.41) is 10.2. The number of fused-ring (bicyclic) bond motifs is 9. The van der Waals surface area contributed by atoms with Crippen LogP contribution in [0, 0.1) is 82.9 Å². The first-order valence-electron chi connectivity index (χ1n) is 12.9. The molecule has 8 saturated carbocycles. The van der Waals surface area contributed by atoms with E-state index in [0.29, 0.717) is 41.4 Å². The molecule has 8 aliphatic rings. The molecule has 0 amide bonds. The number of ether oxygens (including phenoxy) is 1. The minimum atomic E-state index is -0.739. The zero-order valence-electron chi connectivity index (χ0n) is 18.3. The molecule has 0 heterocycles. The number of carbonyl (C=O) groups excluding carboxylic acids is 1. The Bertz CT molecular complexity index is 762. The lowest BCUT2D eigenvalue weighted by atomic mass is 9.55. The summed E-state index contributed by atoms with van der Waals surface area (Å²) in [6, 6.07) is 0. The molecular weight excluding hydrogens is 376 g/mol. The second kappa shape index (κ2) is 6.04. The third-order valence-electron chi connectivity index (χ3n) is 11.9. The predicted molar refractivity (Wildman–Crippen MR) is 110 cm³/mol. The van der Waals surface area contributed by atoms with Gasteiger partial charge in [0.2, 0.25) is 0 Å². The van der Waals surface area contributed by atoms with Crippen molar-refractivity contribution in [1.29, 1.82) is 0 Å². The SMILES string of the molecule is CC1C(C)C2CC1C1C3CC(C(C(=O)OC4C5CC6CC(C5)CC4C6)C3C(=O)O)C21. The molecule has 4 nitrogen and oxygen atoms in total. The summed E-state index contributed by atoms with van der Waals surface area (Å²) in [6.07, 6.45) is 8.62. The van der Waals surface area contributed by atoms with E-state index < -0.39 is 11.9 Å². The first-order valence-corrected chi connectivity index (χ1v) is 12.9. The summed E-state index contributed by atoms with van der Waals surface area (Å²) in [5.41, 5.74) is 0. The fourth-order valence-corrected chi connectivity index (χ4v) is 11.2. The maximum absolute atomic E-state index is 13.6. The van der Waals surface area contributed by atoms with Crippen LogP contribution in [0.3, 0.4) is 0 Å². The van der Waals surface area contributed by atoms with E-state index in [4.69, 9.17) is 4.74 Å². The summed E-state index contributed by atoms with van der Waals surface area (Å²) in [6.45, 7) is 4.78.